The Bertz CT molecular complexity index is 447. The lowest BCUT2D eigenvalue weighted by Gasteiger charge is -2.15. The van der Waals surface area contributed by atoms with Crippen LogP contribution in [0.15, 0.2) is 24.3 Å². The van der Waals surface area contributed by atoms with Crippen molar-refractivity contribution >= 4 is 23.2 Å². The average molecular weight is 255 g/mol. The molecule has 0 N–H and O–H groups in total. The standard InChI is InChI=1S/C11H11ClN2O3/c12-9-5-6-13(7-9)11(15)8-1-3-10(4-2-8)14(16)17/h1-4,9H,5-7H2. The lowest BCUT2D eigenvalue weighted by Crippen LogP contribution is -2.28. The quantitative estimate of drug-likeness (QED) is 0.461. The van der Waals surface area contributed by atoms with Gasteiger partial charge in [-0.15, -0.1) is 11.6 Å². The van der Waals surface area contributed by atoms with Crippen molar-refractivity contribution < 1.29 is 9.72 Å². The van der Waals surface area contributed by atoms with Crippen LogP contribution in [0.2, 0.25) is 0 Å². The number of alkyl halides is 1. The number of non-ortho nitro benzene ring substituents is 1. The number of likely N-dealkylation sites (tertiary alicyclic amines) is 1. The zero-order valence-corrected chi connectivity index (χ0v) is 9.76. The van der Waals surface area contributed by atoms with Gasteiger partial charge in [0.1, 0.15) is 0 Å². The van der Waals surface area contributed by atoms with Crippen LogP contribution >= 0.6 is 11.6 Å². The van der Waals surface area contributed by atoms with Crippen molar-refractivity contribution in [1.29, 1.82) is 0 Å². The summed E-state index contributed by atoms with van der Waals surface area (Å²) >= 11 is 5.92. The van der Waals surface area contributed by atoms with Gasteiger partial charge in [-0.1, -0.05) is 0 Å². The number of nitro groups is 1. The first kappa shape index (κ1) is 11.9. The molecule has 1 amide bonds. The molecular formula is C11H11ClN2O3. The molecular weight excluding hydrogens is 244 g/mol. The topological polar surface area (TPSA) is 63.4 Å². The van der Waals surface area contributed by atoms with Gasteiger partial charge < -0.3 is 4.90 Å². The molecule has 0 spiro atoms. The van der Waals surface area contributed by atoms with Crippen molar-refractivity contribution in [3.63, 3.8) is 0 Å². The normalized spacial score (nSPS) is 19.4. The van der Waals surface area contributed by atoms with Crippen LogP contribution in [-0.4, -0.2) is 34.2 Å². The molecule has 0 aromatic heterocycles. The highest BCUT2D eigenvalue weighted by Crippen LogP contribution is 2.19. The molecule has 6 heteroatoms. The third kappa shape index (κ3) is 2.55. The fourth-order valence-electron chi connectivity index (χ4n) is 1.81. The number of nitro benzene ring substituents is 1. The molecule has 0 radical (unpaired) electrons. The van der Waals surface area contributed by atoms with Gasteiger partial charge >= 0.3 is 0 Å². The molecule has 1 atom stereocenters. The maximum Gasteiger partial charge on any atom is 0.269 e. The summed E-state index contributed by atoms with van der Waals surface area (Å²) in [6, 6.07) is 5.62. The average Bonchev–Trinajstić information content (AvgIpc) is 2.75. The number of amides is 1. The van der Waals surface area contributed by atoms with Crippen LogP contribution in [0.3, 0.4) is 0 Å². The molecule has 1 aliphatic rings. The van der Waals surface area contributed by atoms with Gasteiger partial charge in [0.2, 0.25) is 0 Å². The summed E-state index contributed by atoms with van der Waals surface area (Å²) < 4.78 is 0. The van der Waals surface area contributed by atoms with Crippen LogP contribution in [0, 0.1) is 10.1 Å². The van der Waals surface area contributed by atoms with E-state index in [2.05, 4.69) is 0 Å². The van der Waals surface area contributed by atoms with Gasteiger partial charge in [-0.05, 0) is 18.6 Å². The van der Waals surface area contributed by atoms with Gasteiger partial charge in [0.25, 0.3) is 11.6 Å². The van der Waals surface area contributed by atoms with Crippen molar-refractivity contribution in [2.24, 2.45) is 0 Å². The Kier molecular flexibility index (Phi) is 3.28. The Morgan fingerprint density at radius 2 is 2.06 bits per heavy atom. The van der Waals surface area contributed by atoms with E-state index in [4.69, 9.17) is 11.6 Å². The second-order valence-corrected chi connectivity index (χ2v) is 4.56. The van der Waals surface area contributed by atoms with Crippen molar-refractivity contribution in [3.05, 3.63) is 39.9 Å². The second-order valence-electron chi connectivity index (χ2n) is 3.94. The number of halogens is 1. The summed E-state index contributed by atoms with van der Waals surface area (Å²) in [6.45, 7) is 1.18. The number of carbonyl (C=O) groups excluding carboxylic acids is 1. The number of carbonyl (C=O) groups is 1. The third-order valence-corrected chi connectivity index (χ3v) is 3.10. The number of hydrogen-bond acceptors (Lipinski definition) is 3. The molecule has 1 aromatic carbocycles. The van der Waals surface area contributed by atoms with Crippen LogP contribution < -0.4 is 0 Å². The minimum Gasteiger partial charge on any atom is -0.337 e. The van der Waals surface area contributed by atoms with Gasteiger partial charge in [0.15, 0.2) is 0 Å². The first-order valence-corrected chi connectivity index (χ1v) is 5.69. The van der Waals surface area contributed by atoms with Gasteiger partial charge in [-0.2, -0.15) is 0 Å². The van der Waals surface area contributed by atoms with Crippen molar-refractivity contribution in [2.75, 3.05) is 13.1 Å². The van der Waals surface area contributed by atoms with Gasteiger partial charge in [-0.25, -0.2) is 0 Å². The summed E-state index contributed by atoms with van der Waals surface area (Å²) in [4.78, 5) is 23.6. The Labute approximate surface area is 103 Å². The molecule has 0 aliphatic carbocycles. The summed E-state index contributed by atoms with van der Waals surface area (Å²) in [5.74, 6) is -0.122. The minimum absolute atomic E-state index is 0.0111. The van der Waals surface area contributed by atoms with Gasteiger partial charge in [0.05, 0.1) is 10.3 Å². The van der Waals surface area contributed by atoms with Crippen LogP contribution in [0.25, 0.3) is 0 Å². The van der Waals surface area contributed by atoms with Gasteiger partial charge in [-0.3, -0.25) is 14.9 Å². The molecule has 2 rings (SSSR count). The van der Waals surface area contributed by atoms with E-state index in [0.717, 1.165) is 6.42 Å². The predicted molar refractivity (Wildman–Crippen MR) is 63.3 cm³/mol. The Morgan fingerprint density at radius 1 is 1.41 bits per heavy atom. The fraction of sp³-hybridized carbons (Fsp3) is 0.364. The molecule has 1 aliphatic heterocycles. The highest BCUT2D eigenvalue weighted by Gasteiger charge is 2.25. The number of nitrogens with zero attached hydrogens (tertiary/aromatic N) is 2. The lowest BCUT2D eigenvalue weighted by molar-refractivity contribution is -0.384. The van der Waals surface area contributed by atoms with Crippen LogP contribution in [-0.2, 0) is 0 Å². The maximum absolute atomic E-state index is 12.0. The van der Waals surface area contributed by atoms with Gasteiger partial charge in [0, 0.05) is 30.8 Å². The number of rotatable bonds is 2. The van der Waals surface area contributed by atoms with E-state index in [1.807, 2.05) is 0 Å². The maximum atomic E-state index is 12.0. The van der Waals surface area contributed by atoms with E-state index in [0.29, 0.717) is 18.7 Å². The van der Waals surface area contributed by atoms with Crippen LogP contribution in [0.4, 0.5) is 5.69 Å². The zero-order valence-electron chi connectivity index (χ0n) is 9.01. The van der Waals surface area contributed by atoms with Crippen molar-refractivity contribution in [1.82, 2.24) is 4.90 Å². The molecule has 1 fully saturated rings. The molecule has 1 heterocycles. The van der Waals surface area contributed by atoms with E-state index < -0.39 is 4.92 Å². The molecule has 0 saturated carbocycles. The van der Waals surface area contributed by atoms with E-state index in [-0.39, 0.29) is 17.0 Å². The molecule has 1 unspecified atom stereocenters. The van der Waals surface area contributed by atoms with E-state index in [1.165, 1.54) is 24.3 Å². The summed E-state index contributed by atoms with van der Waals surface area (Å²) in [7, 11) is 0. The fourth-order valence-corrected chi connectivity index (χ4v) is 2.07. The first-order valence-electron chi connectivity index (χ1n) is 5.26. The summed E-state index contributed by atoms with van der Waals surface area (Å²) in [5.41, 5.74) is 0.444. The van der Waals surface area contributed by atoms with E-state index >= 15 is 0 Å². The van der Waals surface area contributed by atoms with Crippen molar-refractivity contribution in [3.8, 4) is 0 Å². The lowest BCUT2D eigenvalue weighted by atomic mass is 10.2. The first-order chi connectivity index (χ1) is 8.08. The zero-order chi connectivity index (χ0) is 12.4. The Hall–Kier alpha value is -1.62. The summed E-state index contributed by atoms with van der Waals surface area (Å²) in [5, 5.41) is 10.5. The third-order valence-electron chi connectivity index (χ3n) is 2.74. The predicted octanol–water partition coefficient (Wildman–Crippen LogP) is 2.05. The van der Waals surface area contributed by atoms with E-state index in [9.17, 15) is 14.9 Å². The van der Waals surface area contributed by atoms with Crippen LogP contribution in [0.5, 0.6) is 0 Å². The smallest absolute Gasteiger partial charge is 0.269 e. The Balaban J connectivity index is 2.12. The minimum atomic E-state index is -0.487. The Morgan fingerprint density at radius 3 is 2.53 bits per heavy atom. The van der Waals surface area contributed by atoms with Crippen molar-refractivity contribution in [2.45, 2.75) is 11.8 Å². The molecule has 1 aromatic rings. The molecule has 5 nitrogen and oxygen atoms in total. The second kappa shape index (κ2) is 4.71. The highest BCUT2D eigenvalue weighted by molar-refractivity contribution is 6.21. The van der Waals surface area contributed by atoms with Crippen LogP contribution in [0.1, 0.15) is 16.8 Å². The highest BCUT2D eigenvalue weighted by atomic mass is 35.5. The molecule has 1 saturated heterocycles. The molecule has 90 valence electrons. The molecule has 17 heavy (non-hydrogen) atoms. The monoisotopic (exact) mass is 254 g/mol. The molecule has 0 bridgehead atoms. The van der Waals surface area contributed by atoms with E-state index in [1.54, 1.807) is 4.90 Å². The largest absolute Gasteiger partial charge is 0.337 e. The summed E-state index contributed by atoms with van der Waals surface area (Å²) in [6.07, 6.45) is 0.792. The number of benzene rings is 1. The number of hydrogen-bond donors (Lipinski definition) is 0. The SMILES string of the molecule is O=C(c1ccc([N+](=O)[O-])cc1)N1CCC(Cl)C1.